The van der Waals surface area contributed by atoms with Gasteiger partial charge in [-0.3, -0.25) is 4.79 Å². The van der Waals surface area contributed by atoms with Crippen molar-refractivity contribution in [3.8, 4) is 0 Å². The monoisotopic (exact) mass is 587 g/mol. The van der Waals surface area contributed by atoms with Crippen LogP contribution in [0.15, 0.2) is 53.6 Å². The number of alkyl halides is 1. The molecule has 1 amide bonds. The molecule has 2 aliphatic carbocycles. The first kappa shape index (κ1) is 28.5. The van der Waals surface area contributed by atoms with E-state index in [4.69, 9.17) is 47.4 Å². The molecule has 2 aromatic heterocycles. The van der Waals surface area contributed by atoms with Gasteiger partial charge in [-0.25, -0.2) is 9.97 Å². The summed E-state index contributed by atoms with van der Waals surface area (Å²) in [4.78, 5) is 21.8. The molecule has 0 aromatic carbocycles. The van der Waals surface area contributed by atoms with Gasteiger partial charge in [0.15, 0.2) is 0 Å². The van der Waals surface area contributed by atoms with Crippen LogP contribution in [-0.2, 0) is 24.4 Å². The van der Waals surface area contributed by atoms with Crippen molar-refractivity contribution in [1.82, 2.24) is 15.3 Å². The van der Waals surface area contributed by atoms with Crippen LogP contribution in [0, 0.1) is 5.92 Å². The second kappa shape index (κ2) is 11.8. The minimum atomic E-state index is -0.911. The zero-order chi connectivity index (χ0) is 28.4. The van der Waals surface area contributed by atoms with Gasteiger partial charge in [0.1, 0.15) is 28.5 Å². The van der Waals surface area contributed by atoms with Crippen molar-refractivity contribution in [3.63, 3.8) is 0 Å². The number of amides is 1. The number of carbonyl (C=O) groups excluding carboxylic acids is 1. The summed E-state index contributed by atoms with van der Waals surface area (Å²) in [6.45, 7) is 7.35. The van der Waals surface area contributed by atoms with Crippen LogP contribution in [0.25, 0.3) is 10.8 Å². The second-order valence-electron chi connectivity index (χ2n) is 10.6. The molecule has 2 fully saturated rings. The van der Waals surface area contributed by atoms with Gasteiger partial charge in [-0.2, -0.15) is 0 Å². The van der Waals surface area contributed by atoms with Crippen LogP contribution in [0.3, 0.4) is 0 Å². The van der Waals surface area contributed by atoms with Crippen molar-refractivity contribution in [3.05, 3.63) is 59.3 Å². The molecule has 11 heteroatoms. The molecule has 40 heavy (non-hydrogen) atoms. The SMILES string of the molecule is C=CC(=O)N[C@H]1CCOC[C@H]1Nc1cc2c(NCC3CC3)nc(C3(C)C(Cl)=C(OC)C=C(OC)C3Cl)cc2cn1. The van der Waals surface area contributed by atoms with Crippen molar-refractivity contribution in [2.45, 2.75) is 49.1 Å². The lowest BCUT2D eigenvalue weighted by atomic mass is 9.77. The zero-order valence-electron chi connectivity index (χ0n) is 22.9. The highest BCUT2D eigenvalue weighted by Gasteiger charge is 2.47. The number of nitrogens with one attached hydrogen (secondary N) is 3. The van der Waals surface area contributed by atoms with E-state index < -0.39 is 10.8 Å². The molecule has 1 saturated carbocycles. The average molecular weight is 589 g/mol. The van der Waals surface area contributed by atoms with Crippen LogP contribution >= 0.6 is 23.2 Å². The second-order valence-corrected chi connectivity index (χ2v) is 11.4. The Morgan fingerprint density at radius 1 is 1.25 bits per heavy atom. The number of ether oxygens (including phenoxy) is 3. The van der Waals surface area contributed by atoms with Gasteiger partial charge in [0, 0.05) is 36.2 Å². The van der Waals surface area contributed by atoms with Crippen LogP contribution < -0.4 is 16.0 Å². The van der Waals surface area contributed by atoms with E-state index in [9.17, 15) is 4.79 Å². The lowest BCUT2D eigenvalue weighted by Gasteiger charge is -2.37. The van der Waals surface area contributed by atoms with Crippen LogP contribution in [-0.4, -0.2) is 67.3 Å². The normalized spacial score (nSPS) is 26.6. The number of aromatic nitrogens is 2. The number of anilines is 2. The summed E-state index contributed by atoms with van der Waals surface area (Å²) in [5.74, 6) is 2.84. The minimum absolute atomic E-state index is 0.108. The van der Waals surface area contributed by atoms with Gasteiger partial charge in [0.05, 0.1) is 49.1 Å². The zero-order valence-corrected chi connectivity index (χ0v) is 24.4. The average Bonchev–Trinajstić information content (AvgIpc) is 3.80. The molecule has 2 aromatic rings. The number of pyridine rings is 2. The van der Waals surface area contributed by atoms with Gasteiger partial charge in [0.2, 0.25) is 5.91 Å². The fourth-order valence-electron chi connectivity index (χ4n) is 5.14. The maximum atomic E-state index is 12.0. The third-order valence-corrected chi connectivity index (χ3v) is 9.09. The Balaban J connectivity index is 1.53. The van der Waals surface area contributed by atoms with Gasteiger partial charge in [-0.05, 0) is 50.3 Å². The van der Waals surface area contributed by atoms with Crippen LogP contribution in [0.1, 0.15) is 31.9 Å². The van der Waals surface area contributed by atoms with E-state index in [-0.39, 0.29) is 18.0 Å². The van der Waals surface area contributed by atoms with Crippen LogP contribution in [0.4, 0.5) is 11.6 Å². The Morgan fingerprint density at radius 2 is 2.05 bits per heavy atom. The van der Waals surface area contributed by atoms with Crippen molar-refractivity contribution < 1.29 is 19.0 Å². The fourth-order valence-corrected chi connectivity index (χ4v) is 5.91. The summed E-state index contributed by atoms with van der Waals surface area (Å²) in [7, 11) is 3.14. The number of halogens is 2. The first-order valence-electron chi connectivity index (χ1n) is 13.4. The lowest BCUT2D eigenvalue weighted by Crippen LogP contribution is -2.52. The molecule has 0 spiro atoms. The lowest BCUT2D eigenvalue weighted by molar-refractivity contribution is -0.117. The minimum Gasteiger partial charge on any atom is -0.499 e. The smallest absolute Gasteiger partial charge is 0.243 e. The first-order chi connectivity index (χ1) is 19.3. The number of hydrogen-bond acceptors (Lipinski definition) is 8. The molecule has 2 unspecified atom stereocenters. The van der Waals surface area contributed by atoms with Crippen LogP contribution in [0.5, 0.6) is 0 Å². The van der Waals surface area contributed by atoms with Crippen molar-refractivity contribution in [2.75, 3.05) is 44.6 Å². The van der Waals surface area contributed by atoms with Crippen LogP contribution in [0.2, 0.25) is 0 Å². The molecule has 0 radical (unpaired) electrons. The Bertz CT molecular complexity index is 1360. The molecule has 1 saturated heterocycles. The summed E-state index contributed by atoms with van der Waals surface area (Å²) < 4.78 is 16.8. The maximum Gasteiger partial charge on any atom is 0.243 e. The van der Waals surface area contributed by atoms with E-state index in [1.54, 1.807) is 20.3 Å². The van der Waals surface area contributed by atoms with Crippen molar-refractivity contribution >= 4 is 51.5 Å². The fraction of sp³-hybridized carbons (Fsp3) is 0.483. The van der Waals surface area contributed by atoms with Gasteiger partial charge in [-0.1, -0.05) is 18.2 Å². The van der Waals surface area contributed by atoms with Crippen molar-refractivity contribution in [1.29, 1.82) is 0 Å². The third kappa shape index (κ3) is 5.60. The van der Waals surface area contributed by atoms with Gasteiger partial charge < -0.3 is 30.2 Å². The number of hydrogen-bond donors (Lipinski definition) is 3. The molecule has 0 bridgehead atoms. The highest BCUT2D eigenvalue weighted by Crippen LogP contribution is 2.48. The summed E-state index contributed by atoms with van der Waals surface area (Å²) in [6.07, 6.45) is 7.90. The number of carbonyl (C=O) groups is 1. The quantitative estimate of drug-likeness (QED) is 0.268. The largest absolute Gasteiger partial charge is 0.499 e. The molecule has 3 N–H and O–H groups in total. The Labute approximate surface area is 244 Å². The highest BCUT2D eigenvalue weighted by molar-refractivity contribution is 6.33. The van der Waals surface area contributed by atoms with E-state index in [2.05, 4.69) is 22.5 Å². The Hall–Kier alpha value is -3.01. The molecular weight excluding hydrogens is 553 g/mol. The summed E-state index contributed by atoms with van der Waals surface area (Å²) in [5, 5.41) is 11.6. The Morgan fingerprint density at radius 3 is 2.75 bits per heavy atom. The highest BCUT2D eigenvalue weighted by atomic mass is 35.5. The molecule has 1 aliphatic heterocycles. The molecular formula is C29H35Cl2N5O4. The van der Waals surface area contributed by atoms with E-state index >= 15 is 0 Å². The summed E-state index contributed by atoms with van der Waals surface area (Å²) >= 11 is 13.9. The van der Waals surface area contributed by atoms with Gasteiger partial charge in [0.25, 0.3) is 0 Å². The van der Waals surface area contributed by atoms with E-state index in [0.717, 1.165) is 23.1 Å². The predicted molar refractivity (Wildman–Crippen MR) is 158 cm³/mol. The number of nitrogens with zero attached hydrogens (tertiary/aromatic N) is 2. The summed E-state index contributed by atoms with van der Waals surface area (Å²) in [5.41, 5.74) is -0.234. The predicted octanol–water partition coefficient (Wildman–Crippen LogP) is 4.83. The molecule has 214 valence electrons. The number of fused-ring (bicyclic) bond motifs is 1. The molecule has 4 atom stereocenters. The number of rotatable bonds is 10. The first-order valence-corrected chi connectivity index (χ1v) is 14.3. The number of methoxy groups -OCH3 is 2. The molecule has 5 rings (SSSR count). The summed E-state index contributed by atoms with van der Waals surface area (Å²) in [6, 6.07) is 3.69. The van der Waals surface area contributed by atoms with Crippen molar-refractivity contribution in [2.24, 2.45) is 5.92 Å². The molecule has 3 aliphatic rings. The standard InChI is InChI=1S/C29H35Cl2N5O4/c1-5-25(37)35-19-8-9-40-15-20(19)34-24-11-18-17(14-32-24)10-23(36-28(18)33-13-16-6-7-16)29(2)26(30)21(38-3)12-22(39-4)27(29)31/h5,10-12,14,16,19-20,26H,1,6-9,13,15H2,2-4H3,(H,32,34)(H,33,36)(H,35,37)/t19-,20+,26?,29?/m0/s1. The topological polar surface area (TPSA) is 107 Å². The van der Waals surface area contributed by atoms with E-state index in [0.29, 0.717) is 53.6 Å². The van der Waals surface area contributed by atoms with Gasteiger partial charge in [-0.15, -0.1) is 11.6 Å². The molecule has 3 heterocycles. The molecule has 9 nitrogen and oxygen atoms in total. The number of allylic oxidation sites excluding steroid dienone is 3. The maximum absolute atomic E-state index is 12.0. The Kier molecular flexibility index (Phi) is 8.44. The third-order valence-electron chi connectivity index (χ3n) is 7.86. The van der Waals surface area contributed by atoms with E-state index in [1.807, 2.05) is 25.3 Å². The van der Waals surface area contributed by atoms with Gasteiger partial charge >= 0.3 is 0 Å². The van der Waals surface area contributed by atoms with E-state index in [1.165, 1.54) is 18.9 Å².